The number of halogens is 2. The van der Waals surface area contributed by atoms with E-state index in [1.165, 1.54) is 4.57 Å². The highest BCUT2D eigenvalue weighted by Gasteiger charge is 2.34. The molecule has 0 radical (unpaired) electrons. The van der Waals surface area contributed by atoms with Crippen LogP contribution in [0.4, 0.5) is 0 Å². The number of nitrogens with two attached hydrogens (primary N) is 2. The van der Waals surface area contributed by atoms with E-state index in [1.807, 2.05) is 6.07 Å². The van der Waals surface area contributed by atoms with Gasteiger partial charge in [-0.2, -0.15) is 5.26 Å². The van der Waals surface area contributed by atoms with E-state index >= 15 is 0 Å². The van der Waals surface area contributed by atoms with Crippen molar-refractivity contribution in [2.75, 3.05) is 0 Å². The van der Waals surface area contributed by atoms with E-state index in [4.69, 9.17) is 34.7 Å². The number of hydrogen-bond donors (Lipinski definition) is 2. The molecule has 2 aromatic carbocycles. The minimum atomic E-state index is -0.804. The van der Waals surface area contributed by atoms with Crippen LogP contribution in [0, 0.1) is 11.3 Å². The molecule has 4 rings (SSSR count). The van der Waals surface area contributed by atoms with Crippen molar-refractivity contribution in [1.29, 1.82) is 5.26 Å². The van der Waals surface area contributed by atoms with Crippen molar-refractivity contribution < 1.29 is 4.79 Å². The number of allylic oxidation sites excluding steroid dienone is 1. The highest BCUT2D eigenvalue weighted by Crippen LogP contribution is 2.36. The fourth-order valence-corrected chi connectivity index (χ4v) is 4.92. The summed E-state index contributed by atoms with van der Waals surface area (Å²) in [7, 11) is 0. The molecular weight excluding hydrogens is 455 g/mol. The topological polar surface area (TPSA) is 115 Å². The maximum absolute atomic E-state index is 13.1. The number of fused-ring (bicyclic) bond motifs is 1. The number of nitrogens with zero attached hydrogens (tertiary/aromatic N) is 2. The van der Waals surface area contributed by atoms with Crippen LogP contribution in [0.1, 0.15) is 17.0 Å². The number of rotatable bonds is 3. The summed E-state index contributed by atoms with van der Waals surface area (Å²) in [6.07, 6.45) is 1.67. The Balaban J connectivity index is 2.07. The Kier molecular flexibility index (Phi) is 5.46. The summed E-state index contributed by atoms with van der Waals surface area (Å²) in [6.45, 7) is 0. The quantitative estimate of drug-likeness (QED) is 0.612. The molecule has 0 saturated carbocycles. The molecule has 6 nitrogen and oxygen atoms in total. The van der Waals surface area contributed by atoms with Gasteiger partial charge in [-0.3, -0.25) is 14.2 Å². The molecule has 154 valence electrons. The lowest BCUT2D eigenvalue weighted by atomic mass is 9.83. The molecule has 1 aliphatic heterocycles. The molecule has 0 aliphatic carbocycles. The van der Waals surface area contributed by atoms with Crippen LogP contribution in [-0.4, -0.2) is 10.5 Å². The van der Waals surface area contributed by atoms with Crippen molar-refractivity contribution >= 4 is 57.9 Å². The van der Waals surface area contributed by atoms with Gasteiger partial charge in [0, 0.05) is 10.0 Å². The van der Waals surface area contributed by atoms with E-state index in [0.29, 0.717) is 24.8 Å². The first-order valence-corrected chi connectivity index (χ1v) is 10.6. The maximum atomic E-state index is 13.1. The fraction of sp³-hybridized carbons (Fsp3) is 0.0455. The van der Waals surface area contributed by atoms with Gasteiger partial charge in [-0.05, 0) is 41.5 Å². The standard InChI is InChI=1S/C22H14Cl2N4O2S/c23-13-5-1-11(2-6-13)9-16-21(30)28-19(26)15(10-25)17(12-3-7-14(24)8-4-12)18(20(27)29)22(28)31-16/h1-9,17H,26H2,(H2,27,29)/b16-9-/t17-/m0/s1. The summed E-state index contributed by atoms with van der Waals surface area (Å²) in [4.78, 5) is 25.6. The van der Waals surface area contributed by atoms with Gasteiger partial charge in [0.2, 0.25) is 5.91 Å². The van der Waals surface area contributed by atoms with Gasteiger partial charge < -0.3 is 11.5 Å². The molecule has 1 amide bonds. The van der Waals surface area contributed by atoms with E-state index in [9.17, 15) is 14.9 Å². The number of amides is 1. The SMILES string of the molecule is N#CC1=C(N)n2c(s/c(=C\c3ccc(Cl)cc3)c2=O)=C(C(N)=O)[C@H]1c1ccc(Cl)cc1. The van der Waals surface area contributed by atoms with Crippen molar-refractivity contribution in [1.82, 2.24) is 4.57 Å². The summed E-state index contributed by atoms with van der Waals surface area (Å²) < 4.78 is 1.82. The molecule has 31 heavy (non-hydrogen) atoms. The number of thiazole rings is 1. The molecule has 1 atom stereocenters. The van der Waals surface area contributed by atoms with Crippen molar-refractivity contribution in [3.63, 3.8) is 0 Å². The highest BCUT2D eigenvalue weighted by atomic mass is 35.5. The second kappa shape index (κ2) is 8.08. The van der Waals surface area contributed by atoms with Crippen molar-refractivity contribution in [2.45, 2.75) is 5.92 Å². The molecule has 9 heteroatoms. The lowest BCUT2D eigenvalue weighted by Gasteiger charge is -2.24. The average Bonchev–Trinajstić information content (AvgIpc) is 3.06. The minimum absolute atomic E-state index is 0.0283. The Morgan fingerprint density at radius 3 is 2.23 bits per heavy atom. The number of aromatic nitrogens is 1. The van der Waals surface area contributed by atoms with E-state index < -0.39 is 17.4 Å². The van der Waals surface area contributed by atoms with Gasteiger partial charge in [0.05, 0.1) is 27.7 Å². The normalized spacial score (nSPS) is 16.2. The first-order valence-electron chi connectivity index (χ1n) is 9.00. The van der Waals surface area contributed by atoms with E-state index in [0.717, 1.165) is 16.9 Å². The van der Waals surface area contributed by atoms with E-state index in [-0.39, 0.29) is 17.0 Å². The summed E-state index contributed by atoms with van der Waals surface area (Å²) in [5, 5.41) is 10.9. The summed E-state index contributed by atoms with van der Waals surface area (Å²) in [6, 6.07) is 15.7. The van der Waals surface area contributed by atoms with Crippen LogP contribution in [0.15, 0.2) is 58.9 Å². The molecule has 4 N–H and O–H groups in total. The van der Waals surface area contributed by atoms with Gasteiger partial charge in [0.15, 0.2) is 0 Å². The molecule has 0 saturated heterocycles. The third-order valence-electron chi connectivity index (χ3n) is 4.91. The Morgan fingerprint density at radius 2 is 1.68 bits per heavy atom. The highest BCUT2D eigenvalue weighted by molar-refractivity contribution is 7.07. The molecule has 1 aromatic heterocycles. The number of hydrogen-bond acceptors (Lipinski definition) is 5. The number of carbonyl (C=O) groups excluding carboxylic acids is 1. The van der Waals surface area contributed by atoms with Gasteiger partial charge in [-0.25, -0.2) is 0 Å². The Bertz CT molecular complexity index is 1460. The van der Waals surface area contributed by atoms with E-state index in [1.54, 1.807) is 54.6 Å². The summed E-state index contributed by atoms with van der Waals surface area (Å²) in [5.41, 5.74) is 13.1. The predicted octanol–water partition coefficient (Wildman–Crippen LogP) is 2.13. The molecule has 0 unspecified atom stereocenters. The van der Waals surface area contributed by atoms with Crippen molar-refractivity contribution in [3.05, 3.63) is 94.8 Å². The zero-order chi connectivity index (χ0) is 22.3. The van der Waals surface area contributed by atoms with Crippen LogP contribution in [0.25, 0.3) is 17.5 Å². The number of carbonyl (C=O) groups is 1. The molecule has 0 bridgehead atoms. The first-order chi connectivity index (χ1) is 14.8. The fourth-order valence-electron chi connectivity index (χ4n) is 3.49. The summed E-state index contributed by atoms with van der Waals surface area (Å²) >= 11 is 13.0. The molecular formula is C22H14Cl2N4O2S. The van der Waals surface area contributed by atoms with Gasteiger partial charge in [0.1, 0.15) is 10.5 Å². The zero-order valence-electron chi connectivity index (χ0n) is 15.8. The van der Waals surface area contributed by atoms with Gasteiger partial charge in [0.25, 0.3) is 5.56 Å². The Labute approximate surface area is 190 Å². The van der Waals surface area contributed by atoms with Crippen LogP contribution in [0.5, 0.6) is 0 Å². The van der Waals surface area contributed by atoms with Crippen LogP contribution in [0.3, 0.4) is 0 Å². The smallest absolute Gasteiger partial charge is 0.274 e. The lowest BCUT2D eigenvalue weighted by Crippen LogP contribution is -2.41. The van der Waals surface area contributed by atoms with Crippen LogP contribution in [-0.2, 0) is 4.79 Å². The zero-order valence-corrected chi connectivity index (χ0v) is 18.1. The second-order valence-electron chi connectivity index (χ2n) is 6.78. The van der Waals surface area contributed by atoms with Gasteiger partial charge in [-0.1, -0.05) is 47.5 Å². The number of primary amides is 1. The molecule has 2 heterocycles. The second-order valence-corrected chi connectivity index (χ2v) is 8.68. The largest absolute Gasteiger partial charge is 0.384 e. The monoisotopic (exact) mass is 468 g/mol. The van der Waals surface area contributed by atoms with Crippen molar-refractivity contribution in [3.8, 4) is 6.07 Å². The maximum Gasteiger partial charge on any atom is 0.274 e. The molecule has 1 aliphatic rings. The van der Waals surface area contributed by atoms with Crippen molar-refractivity contribution in [2.24, 2.45) is 11.5 Å². The predicted molar refractivity (Wildman–Crippen MR) is 123 cm³/mol. The van der Waals surface area contributed by atoms with Crippen LogP contribution < -0.4 is 26.2 Å². The molecule has 0 spiro atoms. The summed E-state index contributed by atoms with van der Waals surface area (Å²) in [5.74, 6) is -1.58. The third-order valence-corrected chi connectivity index (χ3v) is 6.52. The Hall–Kier alpha value is -3.31. The van der Waals surface area contributed by atoms with Crippen LogP contribution >= 0.6 is 34.5 Å². The van der Waals surface area contributed by atoms with E-state index in [2.05, 4.69) is 0 Å². The van der Waals surface area contributed by atoms with Crippen LogP contribution in [0.2, 0.25) is 10.0 Å². The van der Waals surface area contributed by atoms with Gasteiger partial charge >= 0.3 is 0 Å². The Morgan fingerprint density at radius 1 is 1.10 bits per heavy atom. The first kappa shape index (κ1) is 20.9. The minimum Gasteiger partial charge on any atom is -0.384 e. The average molecular weight is 469 g/mol. The lowest BCUT2D eigenvalue weighted by molar-refractivity contribution is -0.113. The molecule has 0 fully saturated rings. The number of benzene rings is 2. The molecule has 3 aromatic rings. The van der Waals surface area contributed by atoms with Gasteiger partial charge in [-0.15, -0.1) is 11.3 Å². The third kappa shape index (κ3) is 3.66. The number of nitriles is 1.